The number of amides is 2. The smallest absolute Gasteiger partial charge is 0.258 e. The van der Waals surface area contributed by atoms with Crippen molar-refractivity contribution in [2.75, 3.05) is 28.7 Å². The van der Waals surface area contributed by atoms with Crippen molar-refractivity contribution in [3.05, 3.63) is 40.2 Å². The zero-order valence-corrected chi connectivity index (χ0v) is 18.4. The first-order valence-electron chi connectivity index (χ1n) is 11.2. The van der Waals surface area contributed by atoms with Gasteiger partial charge < -0.3 is 20.3 Å². The van der Waals surface area contributed by atoms with Gasteiger partial charge in [0.25, 0.3) is 5.56 Å². The second kappa shape index (κ2) is 9.42. The van der Waals surface area contributed by atoms with Gasteiger partial charge in [0.1, 0.15) is 11.6 Å². The monoisotopic (exact) mass is 439 g/mol. The third-order valence-corrected chi connectivity index (χ3v) is 6.06. The van der Waals surface area contributed by atoms with Crippen LogP contribution in [0.1, 0.15) is 57.4 Å². The number of nitrogens with zero attached hydrogens (tertiary/aromatic N) is 2. The SMILES string of the molecule is CCOc1ccc(NC(=O)C2CC(=O)Nc3nc(N4CCCCC4CC)[nH]c(=O)c32)cc1. The molecule has 9 heteroatoms. The van der Waals surface area contributed by atoms with Crippen molar-refractivity contribution in [2.24, 2.45) is 0 Å². The summed E-state index contributed by atoms with van der Waals surface area (Å²) in [5.74, 6) is -0.350. The van der Waals surface area contributed by atoms with E-state index in [1.54, 1.807) is 24.3 Å². The van der Waals surface area contributed by atoms with Crippen LogP contribution in [-0.4, -0.2) is 41.0 Å². The van der Waals surface area contributed by atoms with Crippen molar-refractivity contribution in [2.45, 2.75) is 57.9 Å². The van der Waals surface area contributed by atoms with Crippen LogP contribution in [-0.2, 0) is 9.59 Å². The van der Waals surface area contributed by atoms with E-state index in [0.717, 1.165) is 32.2 Å². The number of aromatic amines is 1. The molecular weight excluding hydrogens is 410 g/mol. The molecule has 0 saturated carbocycles. The zero-order chi connectivity index (χ0) is 22.7. The number of H-pyrrole nitrogens is 1. The van der Waals surface area contributed by atoms with Gasteiger partial charge in [-0.25, -0.2) is 0 Å². The molecule has 9 nitrogen and oxygen atoms in total. The second-order valence-corrected chi connectivity index (χ2v) is 8.15. The van der Waals surface area contributed by atoms with E-state index in [1.165, 1.54) is 0 Å². The molecule has 1 aromatic heterocycles. The number of benzene rings is 1. The predicted molar refractivity (Wildman–Crippen MR) is 122 cm³/mol. The van der Waals surface area contributed by atoms with Gasteiger partial charge in [-0.15, -0.1) is 0 Å². The molecule has 4 rings (SSSR count). The molecule has 3 heterocycles. The highest BCUT2D eigenvalue weighted by molar-refractivity contribution is 6.04. The van der Waals surface area contributed by atoms with Crippen LogP contribution >= 0.6 is 0 Å². The number of rotatable bonds is 6. The minimum atomic E-state index is -0.918. The van der Waals surface area contributed by atoms with Gasteiger partial charge in [0.05, 0.1) is 18.1 Å². The maximum absolute atomic E-state index is 13.0. The Labute approximate surface area is 186 Å². The topological polar surface area (TPSA) is 116 Å². The summed E-state index contributed by atoms with van der Waals surface area (Å²) in [4.78, 5) is 47.9. The Morgan fingerprint density at radius 1 is 1.22 bits per heavy atom. The van der Waals surface area contributed by atoms with Crippen LogP contribution in [0.3, 0.4) is 0 Å². The van der Waals surface area contributed by atoms with Gasteiger partial charge in [-0.2, -0.15) is 4.98 Å². The average molecular weight is 440 g/mol. The van der Waals surface area contributed by atoms with Gasteiger partial charge >= 0.3 is 0 Å². The van der Waals surface area contributed by atoms with Crippen molar-refractivity contribution in [1.29, 1.82) is 0 Å². The number of fused-ring (bicyclic) bond motifs is 1. The average Bonchev–Trinajstić information content (AvgIpc) is 2.79. The van der Waals surface area contributed by atoms with Gasteiger partial charge in [-0.3, -0.25) is 19.4 Å². The lowest BCUT2D eigenvalue weighted by Gasteiger charge is -2.36. The van der Waals surface area contributed by atoms with Gasteiger partial charge in [-0.1, -0.05) is 6.92 Å². The van der Waals surface area contributed by atoms with Crippen molar-refractivity contribution >= 4 is 29.3 Å². The van der Waals surface area contributed by atoms with Crippen LogP contribution in [0.5, 0.6) is 5.75 Å². The molecule has 2 amide bonds. The number of nitrogens with one attached hydrogen (secondary N) is 3. The van der Waals surface area contributed by atoms with E-state index in [4.69, 9.17) is 4.74 Å². The lowest BCUT2D eigenvalue weighted by atomic mass is 9.92. The molecule has 2 unspecified atom stereocenters. The first-order valence-corrected chi connectivity index (χ1v) is 11.2. The Hall–Kier alpha value is -3.36. The number of aromatic nitrogens is 2. The minimum Gasteiger partial charge on any atom is -0.494 e. The van der Waals surface area contributed by atoms with E-state index in [-0.39, 0.29) is 23.7 Å². The highest BCUT2D eigenvalue weighted by Gasteiger charge is 2.35. The second-order valence-electron chi connectivity index (χ2n) is 8.15. The van der Waals surface area contributed by atoms with E-state index in [2.05, 4.69) is 32.4 Å². The van der Waals surface area contributed by atoms with Gasteiger partial charge in [0.15, 0.2) is 0 Å². The van der Waals surface area contributed by atoms with Crippen molar-refractivity contribution < 1.29 is 14.3 Å². The molecule has 3 N–H and O–H groups in total. The molecule has 0 radical (unpaired) electrons. The molecule has 2 aromatic rings. The van der Waals surface area contributed by atoms with Crippen molar-refractivity contribution in [3.8, 4) is 5.75 Å². The number of hydrogen-bond acceptors (Lipinski definition) is 6. The maximum Gasteiger partial charge on any atom is 0.258 e. The molecule has 1 fully saturated rings. The third-order valence-electron chi connectivity index (χ3n) is 6.06. The molecule has 32 heavy (non-hydrogen) atoms. The standard InChI is InChI=1S/C23H29N5O4/c1-3-15-7-5-6-12-28(15)23-26-20-19(22(31)27-23)17(13-18(29)25-20)21(30)24-14-8-10-16(11-9-14)32-4-2/h8-11,15,17H,3-7,12-13H2,1-2H3,(H,24,30)(H2,25,26,27,29,31). The van der Waals surface area contributed by atoms with Crippen LogP contribution in [0.2, 0.25) is 0 Å². The minimum absolute atomic E-state index is 0.110. The Balaban J connectivity index is 1.60. The number of piperidine rings is 1. The largest absolute Gasteiger partial charge is 0.494 e. The number of hydrogen-bond donors (Lipinski definition) is 3. The summed E-state index contributed by atoms with van der Waals surface area (Å²) in [6.45, 7) is 5.36. The highest BCUT2D eigenvalue weighted by Crippen LogP contribution is 2.32. The van der Waals surface area contributed by atoms with Crippen LogP contribution in [0.4, 0.5) is 17.5 Å². The summed E-state index contributed by atoms with van der Waals surface area (Å²) in [7, 11) is 0. The zero-order valence-electron chi connectivity index (χ0n) is 18.4. The molecule has 1 aromatic carbocycles. The first kappa shape index (κ1) is 21.9. The van der Waals surface area contributed by atoms with E-state index < -0.39 is 17.4 Å². The Morgan fingerprint density at radius 2 is 2.00 bits per heavy atom. The first-order chi connectivity index (χ1) is 15.5. The molecule has 0 spiro atoms. The van der Waals surface area contributed by atoms with Gasteiger partial charge in [-0.05, 0) is 56.9 Å². The predicted octanol–water partition coefficient (Wildman–Crippen LogP) is 3.00. The lowest BCUT2D eigenvalue weighted by Crippen LogP contribution is -2.43. The molecule has 0 bridgehead atoms. The van der Waals surface area contributed by atoms with E-state index in [0.29, 0.717) is 30.0 Å². The molecule has 2 aliphatic rings. The normalized spacial score (nSPS) is 20.3. The Bertz CT molecular complexity index is 1050. The molecule has 2 atom stereocenters. The summed E-state index contributed by atoms with van der Waals surface area (Å²) in [5.41, 5.74) is 0.366. The van der Waals surface area contributed by atoms with Crippen LogP contribution in [0.25, 0.3) is 0 Å². The summed E-state index contributed by atoms with van der Waals surface area (Å²) in [6.07, 6.45) is 4.05. The Morgan fingerprint density at radius 3 is 2.72 bits per heavy atom. The molecule has 2 aliphatic heterocycles. The molecule has 0 aliphatic carbocycles. The summed E-state index contributed by atoms with van der Waals surface area (Å²) in [6, 6.07) is 7.25. The number of carbonyl (C=O) groups excluding carboxylic acids is 2. The summed E-state index contributed by atoms with van der Waals surface area (Å²) < 4.78 is 5.41. The number of ether oxygens (including phenoxy) is 1. The number of anilines is 3. The summed E-state index contributed by atoms with van der Waals surface area (Å²) in [5, 5.41) is 5.49. The molecule has 1 saturated heterocycles. The van der Waals surface area contributed by atoms with E-state index in [1.807, 2.05) is 6.92 Å². The third kappa shape index (κ3) is 4.46. The fourth-order valence-corrected chi connectivity index (χ4v) is 4.45. The van der Waals surface area contributed by atoms with E-state index in [9.17, 15) is 14.4 Å². The Kier molecular flexibility index (Phi) is 6.43. The fraction of sp³-hybridized carbons (Fsp3) is 0.478. The van der Waals surface area contributed by atoms with Gasteiger partial charge in [0, 0.05) is 24.7 Å². The fourth-order valence-electron chi connectivity index (χ4n) is 4.45. The van der Waals surface area contributed by atoms with Gasteiger partial charge in [0.2, 0.25) is 17.8 Å². The quantitative estimate of drug-likeness (QED) is 0.637. The van der Waals surface area contributed by atoms with Crippen LogP contribution in [0, 0.1) is 0 Å². The molecular formula is C23H29N5O4. The molecule has 170 valence electrons. The van der Waals surface area contributed by atoms with Crippen molar-refractivity contribution in [3.63, 3.8) is 0 Å². The lowest BCUT2D eigenvalue weighted by molar-refractivity contribution is -0.123. The maximum atomic E-state index is 13.0. The van der Waals surface area contributed by atoms with Crippen LogP contribution < -0.4 is 25.8 Å². The van der Waals surface area contributed by atoms with Crippen molar-refractivity contribution in [1.82, 2.24) is 9.97 Å². The summed E-state index contributed by atoms with van der Waals surface area (Å²) >= 11 is 0. The highest BCUT2D eigenvalue weighted by atomic mass is 16.5. The number of carbonyl (C=O) groups is 2. The van der Waals surface area contributed by atoms with E-state index >= 15 is 0 Å². The van der Waals surface area contributed by atoms with Crippen LogP contribution in [0.15, 0.2) is 29.1 Å².